The fraction of sp³-hybridized carbons (Fsp3) is 0.526. The van der Waals surface area contributed by atoms with Gasteiger partial charge in [0.15, 0.2) is 0 Å². The molecular weight excluding hydrogens is 290 g/mol. The molecule has 1 aliphatic rings. The maximum Gasteiger partial charge on any atom is 0.410 e. The first-order valence-corrected chi connectivity index (χ1v) is 8.25. The highest BCUT2D eigenvalue weighted by Gasteiger charge is 2.27. The highest BCUT2D eigenvalue weighted by molar-refractivity contribution is 5.68. The molecule has 0 unspecified atom stereocenters. The average molecular weight is 317 g/mol. The second kappa shape index (κ2) is 7.53. The first kappa shape index (κ1) is 17.4. The summed E-state index contributed by atoms with van der Waals surface area (Å²) < 4.78 is 11.6. The number of hydrogen-bond donors (Lipinski definition) is 0. The van der Waals surface area contributed by atoms with E-state index in [9.17, 15) is 4.79 Å². The van der Waals surface area contributed by atoms with Crippen molar-refractivity contribution in [2.45, 2.75) is 52.2 Å². The first-order valence-electron chi connectivity index (χ1n) is 8.25. The van der Waals surface area contributed by atoms with E-state index >= 15 is 0 Å². The minimum Gasteiger partial charge on any atom is -0.490 e. The number of nitrogens with zero attached hydrogens (tertiary/aromatic N) is 1. The first-order chi connectivity index (χ1) is 10.9. The Morgan fingerprint density at radius 3 is 2.30 bits per heavy atom. The molecule has 0 radical (unpaired) electrons. The van der Waals surface area contributed by atoms with Crippen LogP contribution in [0.2, 0.25) is 0 Å². The molecule has 1 amide bonds. The maximum absolute atomic E-state index is 12.1. The lowest BCUT2D eigenvalue weighted by Crippen LogP contribution is -2.43. The summed E-state index contributed by atoms with van der Waals surface area (Å²) in [4.78, 5) is 13.8. The van der Waals surface area contributed by atoms with Crippen LogP contribution in [0.1, 0.15) is 46.1 Å². The number of hydrogen-bond acceptors (Lipinski definition) is 3. The van der Waals surface area contributed by atoms with Gasteiger partial charge in [-0.25, -0.2) is 4.79 Å². The molecule has 0 aliphatic carbocycles. The van der Waals surface area contributed by atoms with Crippen molar-refractivity contribution in [3.8, 4) is 0 Å². The van der Waals surface area contributed by atoms with Crippen molar-refractivity contribution in [3.05, 3.63) is 42.0 Å². The number of piperidine rings is 1. The second-order valence-corrected chi connectivity index (χ2v) is 6.80. The molecule has 1 saturated heterocycles. The van der Waals surface area contributed by atoms with Gasteiger partial charge >= 0.3 is 6.09 Å². The van der Waals surface area contributed by atoms with Gasteiger partial charge in [0.05, 0.1) is 0 Å². The molecule has 0 N–H and O–H groups in total. The molecule has 126 valence electrons. The van der Waals surface area contributed by atoms with Crippen LogP contribution in [0, 0.1) is 0 Å². The zero-order valence-electron chi connectivity index (χ0n) is 14.5. The maximum atomic E-state index is 12.1. The lowest BCUT2D eigenvalue weighted by molar-refractivity contribution is 0.00994. The summed E-state index contributed by atoms with van der Waals surface area (Å²) in [5.41, 5.74) is 0.639. The number of ether oxygens (including phenoxy) is 2. The molecule has 2 rings (SSSR count). The molecule has 23 heavy (non-hydrogen) atoms. The molecule has 4 nitrogen and oxygen atoms in total. The monoisotopic (exact) mass is 317 g/mol. The molecule has 0 saturated carbocycles. The van der Waals surface area contributed by atoms with Gasteiger partial charge < -0.3 is 14.4 Å². The van der Waals surface area contributed by atoms with E-state index < -0.39 is 5.60 Å². The number of likely N-dealkylation sites (tertiary alicyclic amines) is 1. The summed E-state index contributed by atoms with van der Waals surface area (Å²) in [5, 5.41) is 0. The summed E-state index contributed by atoms with van der Waals surface area (Å²) in [6.45, 7) is 8.99. The summed E-state index contributed by atoms with van der Waals surface area (Å²) in [5.74, 6) is 0.904. The van der Waals surface area contributed by atoms with Crippen LogP contribution in [0.3, 0.4) is 0 Å². The number of carbonyl (C=O) groups is 1. The molecule has 0 spiro atoms. The fourth-order valence-electron chi connectivity index (χ4n) is 2.57. The molecule has 1 aliphatic heterocycles. The van der Waals surface area contributed by atoms with Crippen molar-refractivity contribution < 1.29 is 14.3 Å². The summed E-state index contributed by atoms with van der Waals surface area (Å²) in [6.07, 6.45) is 3.55. The van der Waals surface area contributed by atoms with E-state index in [0.29, 0.717) is 13.1 Å². The van der Waals surface area contributed by atoms with Crippen molar-refractivity contribution in [1.29, 1.82) is 0 Å². The topological polar surface area (TPSA) is 38.8 Å². The fourth-order valence-corrected chi connectivity index (χ4v) is 2.57. The number of carbonyl (C=O) groups excluding carboxylic acids is 1. The third-order valence-corrected chi connectivity index (χ3v) is 3.71. The predicted molar refractivity (Wildman–Crippen MR) is 92.0 cm³/mol. The zero-order chi connectivity index (χ0) is 16.9. The Balaban J connectivity index is 1.86. The Labute approximate surface area is 139 Å². The van der Waals surface area contributed by atoms with Crippen molar-refractivity contribution in [1.82, 2.24) is 4.90 Å². The highest BCUT2D eigenvalue weighted by atomic mass is 16.6. The number of benzene rings is 1. The smallest absolute Gasteiger partial charge is 0.410 e. The predicted octanol–water partition coefficient (Wildman–Crippen LogP) is 4.46. The largest absolute Gasteiger partial charge is 0.490 e. The van der Waals surface area contributed by atoms with Crippen molar-refractivity contribution in [2.24, 2.45) is 0 Å². The molecular formula is C19H27NO3. The van der Waals surface area contributed by atoms with Crippen molar-refractivity contribution in [3.63, 3.8) is 0 Å². The van der Waals surface area contributed by atoms with Crippen molar-refractivity contribution >= 4 is 11.9 Å². The summed E-state index contributed by atoms with van der Waals surface area (Å²) in [6, 6.07) is 10.1. The van der Waals surface area contributed by atoms with Crippen LogP contribution >= 0.6 is 0 Å². The van der Waals surface area contributed by atoms with Crippen LogP contribution < -0.4 is 0 Å². The second-order valence-electron chi connectivity index (χ2n) is 6.80. The third-order valence-electron chi connectivity index (χ3n) is 3.71. The van der Waals surface area contributed by atoms with Crippen LogP contribution in [0.15, 0.2) is 36.4 Å². The van der Waals surface area contributed by atoms with E-state index in [1.165, 1.54) is 0 Å². The average Bonchev–Trinajstić information content (AvgIpc) is 2.52. The van der Waals surface area contributed by atoms with E-state index in [4.69, 9.17) is 9.47 Å². The summed E-state index contributed by atoms with van der Waals surface area (Å²) in [7, 11) is 0. The van der Waals surface area contributed by atoms with Crippen LogP contribution in [-0.4, -0.2) is 35.8 Å². The van der Waals surface area contributed by atoms with Gasteiger partial charge in [-0.3, -0.25) is 0 Å². The van der Waals surface area contributed by atoms with Crippen LogP contribution in [0.25, 0.3) is 5.76 Å². The molecule has 1 aromatic carbocycles. The number of rotatable bonds is 3. The molecule has 0 atom stereocenters. The van der Waals surface area contributed by atoms with Gasteiger partial charge in [-0.05, 0) is 33.8 Å². The third kappa shape index (κ3) is 5.31. The van der Waals surface area contributed by atoms with E-state index in [0.717, 1.165) is 24.2 Å². The van der Waals surface area contributed by atoms with Crippen LogP contribution in [0.5, 0.6) is 0 Å². The van der Waals surface area contributed by atoms with E-state index in [-0.39, 0.29) is 12.2 Å². The minimum atomic E-state index is -0.449. The highest BCUT2D eigenvalue weighted by Crippen LogP contribution is 2.23. The summed E-state index contributed by atoms with van der Waals surface area (Å²) >= 11 is 0. The molecule has 1 fully saturated rings. The van der Waals surface area contributed by atoms with E-state index in [1.807, 2.05) is 64.1 Å². The quantitative estimate of drug-likeness (QED) is 0.772. The van der Waals surface area contributed by atoms with Gasteiger partial charge in [0.2, 0.25) is 0 Å². The standard InChI is InChI=1S/C19H27NO3/c1-5-17(15-9-7-6-8-10-15)22-16-11-13-20(14-12-16)18(21)23-19(2,3)4/h5-10,16H,11-14H2,1-4H3. The van der Waals surface area contributed by atoms with Gasteiger partial charge in [0, 0.05) is 31.5 Å². The van der Waals surface area contributed by atoms with E-state index in [1.54, 1.807) is 4.90 Å². The lowest BCUT2D eigenvalue weighted by atomic mass is 10.1. The number of allylic oxidation sites excluding steroid dienone is 1. The number of amides is 1. The Kier molecular flexibility index (Phi) is 5.69. The Morgan fingerprint density at radius 1 is 1.17 bits per heavy atom. The van der Waals surface area contributed by atoms with Crippen molar-refractivity contribution in [2.75, 3.05) is 13.1 Å². The zero-order valence-corrected chi connectivity index (χ0v) is 14.5. The minimum absolute atomic E-state index is 0.139. The Morgan fingerprint density at radius 2 is 1.78 bits per heavy atom. The van der Waals surface area contributed by atoms with Crippen LogP contribution in [-0.2, 0) is 9.47 Å². The van der Waals surface area contributed by atoms with E-state index in [2.05, 4.69) is 0 Å². The molecule has 4 heteroatoms. The van der Waals surface area contributed by atoms with Gasteiger partial charge in [-0.1, -0.05) is 30.3 Å². The lowest BCUT2D eigenvalue weighted by Gasteiger charge is -2.34. The SMILES string of the molecule is CC=C(OC1CCN(C(=O)OC(C)(C)C)CC1)c1ccccc1. The molecule has 1 heterocycles. The van der Waals surface area contributed by atoms with Gasteiger partial charge in [-0.2, -0.15) is 0 Å². The Hall–Kier alpha value is -1.97. The van der Waals surface area contributed by atoms with Gasteiger partial charge in [0.1, 0.15) is 17.5 Å². The molecule has 1 aromatic rings. The Bertz CT molecular complexity index is 537. The normalized spacial score (nSPS) is 17.0. The molecule has 0 aromatic heterocycles. The molecule has 0 bridgehead atoms. The van der Waals surface area contributed by atoms with Crippen LogP contribution in [0.4, 0.5) is 4.79 Å². The van der Waals surface area contributed by atoms with Gasteiger partial charge in [0.25, 0.3) is 0 Å². The van der Waals surface area contributed by atoms with Gasteiger partial charge in [-0.15, -0.1) is 0 Å².